The van der Waals surface area contributed by atoms with Crippen molar-refractivity contribution in [1.29, 1.82) is 0 Å². The maximum absolute atomic E-state index is 12.5. The summed E-state index contributed by atoms with van der Waals surface area (Å²) in [7, 11) is 0. The van der Waals surface area contributed by atoms with Gasteiger partial charge in [0.05, 0.1) is 0 Å². The van der Waals surface area contributed by atoms with Crippen molar-refractivity contribution in [2.24, 2.45) is 5.73 Å². The van der Waals surface area contributed by atoms with Crippen molar-refractivity contribution >= 4 is 5.91 Å². The van der Waals surface area contributed by atoms with Gasteiger partial charge in [0.25, 0.3) is 5.91 Å². The summed E-state index contributed by atoms with van der Waals surface area (Å²) >= 11 is 0. The minimum Gasteiger partial charge on any atom is -0.396 e. The third kappa shape index (κ3) is 2.41. The first kappa shape index (κ1) is 8.36. The van der Waals surface area contributed by atoms with Crippen molar-refractivity contribution in [1.82, 2.24) is 0 Å². The second kappa shape index (κ2) is 2.77. The Kier molecular flexibility index (Phi) is 2.58. The summed E-state index contributed by atoms with van der Waals surface area (Å²) in [5.74, 6) is -1.09. The average molecular weight is 134 g/mol. The Balaban J connectivity index is 3.85. The van der Waals surface area contributed by atoms with Crippen molar-refractivity contribution in [2.45, 2.75) is 12.6 Å². The van der Waals surface area contributed by atoms with Gasteiger partial charge in [-0.25, -0.2) is 4.39 Å². The third-order valence-electron chi connectivity index (χ3n) is 0.956. The third-order valence-corrected chi connectivity index (χ3v) is 0.956. The molecular weight excluding hydrogens is 125 g/mol. The van der Waals surface area contributed by atoms with E-state index in [1.807, 2.05) is 0 Å². The molecule has 0 saturated heterocycles. The Morgan fingerprint density at radius 1 is 2.00 bits per heavy atom. The lowest BCUT2D eigenvalue weighted by Crippen LogP contribution is -2.37. The number of rotatable bonds is 3. The Bertz CT molecular complexity index is 114. The van der Waals surface area contributed by atoms with Crippen LogP contribution >= 0.6 is 0 Å². The van der Waals surface area contributed by atoms with Crippen LogP contribution in [-0.2, 0) is 4.79 Å². The summed E-state index contributed by atoms with van der Waals surface area (Å²) in [5.41, 5.74) is 2.41. The van der Waals surface area contributed by atoms with E-state index in [-0.39, 0.29) is 0 Å². The molecule has 1 amide bonds. The second-order valence-corrected chi connectivity index (χ2v) is 1.83. The van der Waals surface area contributed by atoms with E-state index in [1.54, 1.807) is 0 Å². The minimum absolute atomic E-state index is 0.490. The molecule has 3 N–H and O–H groups in total. The van der Waals surface area contributed by atoms with Crippen LogP contribution in [0.2, 0.25) is 0 Å². The zero-order chi connectivity index (χ0) is 7.49. The lowest BCUT2D eigenvalue weighted by molar-refractivity contribution is -0.126. The van der Waals surface area contributed by atoms with E-state index in [2.05, 4.69) is 5.73 Å². The largest absolute Gasteiger partial charge is 0.396 e. The van der Waals surface area contributed by atoms with Gasteiger partial charge in [-0.1, -0.05) is 0 Å². The normalized spacial score (nSPS) is 16.8. The van der Waals surface area contributed by atoms with Gasteiger partial charge in [0.2, 0.25) is 0 Å². The van der Waals surface area contributed by atoms with Crippen LogP contribution in [0.25, 0.3) is 0 Å². The number of aliphatic hydroxyl groups excluding tert-OH is 1. The standard InChI is InChI=1S/C5H9FNO2/c1-5(6,2-3-8)4(7)9/h2,8H,3H2,1H3,(H2,7,9)/t5-/m1/s1. The molecule has 0 aliphatic rings. The van der Waals surface area contributed by atoms with Crippen LogP contribution < -0.4 is 5.73 Å². The number of aliphatic hydroxyl groups is 1. The van der Waals surface area contributed by atoms with Crippen LogP contribution in [0, 0.1) is 6.42 Å². The van der Waals surface area contributed by atoms with E-state index in [4.69, 9.17) is 5.11 Å². The fraction of sp³-hybridized carbons (Fsp3) is 0.600. The minimum atomic E-state index is -2.19. The van der Waals surface area contributed by atoms with Crippen LogP contribution in [0.1, 0.15) is 6.92 Å². The van der Waals surface area contributed by atoms with E-state index >= 15 is 0 Å². The summed E-state index contributed by atoms with van der Waals surface area (Å²) in [4.78, 5) is 10.1. The Hall–Kier alpha value is -0.640. The molecule has 0 aromatic heterocycles. The first-order valence-corrected chi connectivity index (χ1v) is 2.44. The summed E-state index contributed by atoms with van der Waals surface area (Å²) < 4.78 is 12.5. The second-order valence-electron chi connectivity index (χ2n) is 1.83. The van der Waals surface area contributed by atoms with Gasteiger partial charge in [-0.2, -0.15) is 0 Å². The zero-order valence-electron chi connectivity index (χ0n) is 5.10. The fourth-order valence-corrected chi connectivity index (χ4v) is 0.272. The number of carbonyl (C=O) groups is 1. The first-order valence-electron chi connectivity index (χ1n) is 2.44. The molecule has 0 aromatic rings. The van der Waals surface area contributed by atoms with Crippen LogP contribution in [0.15, 0.2) is 0 Å². The summed E-state index contributed by atoms with van der Waals surface area (Å²) in [6.07, 6.45) is 0.801. The van der Waals surface area contributed by atoms with Gasteiger partial charge in [0.15, 0.2) is 5.67 Å². The lowest BCUT2D eigenvalue weighted by atomic mass is 10.1. The van der Waals surface area contributed by atoms with Gasteiger partial charge in [-0.3, -0.25) is 4.79 Å². The molecule has 0 unspecified atom stereocenters. The first-order chi connectivity index (χ1) is 4.00. The molecule has 1 atom stereocenters. The van der Waals surface area contributed by atoms with Crippen LogP contribution in [-0.4, -0.2) is 23.3 Å². The Morgan fingerprint density at radius 2 is 2.44 bits per heavy atom. The molecule has 9 heavy (non-hydrogen) atoms. The zero-order valence-corrected chi connectivity index (χ0v) is 5.10. The smallest absolute Gasteiger partial charge is 0.255 e. The molecule has 53 valence electrons. The molecular formula is C5H9FNO2. The highest BCUT2D eigenvalue weighted by Crippen LogP contribution is 2.11. The van der Waals surface area contributed by atoms with Gasteiger partial charge in [0, 0.05) is 13.0 Å². The molecule has 0 aromatic carbocycles. The topological polar surface area (TPSA) is 63.3 Å². The highest BCUT2D eigenvalue weighted by Gasteiger charge is 2.29. The van der Waals surface area contributed by atoms with Crippen molar-refractivity contribution in [3.8, 4) is 0 Å². The number of hydrogen-bond acceptors (Lipinski definition) is 2. The number of nitrogens with two attached hydrogens (primary N) is 1. The van der Waals surface area contributed by atoms with Gasteiger partial charge in [-0.05, 0) is 6.92 Å². The van der Waals surface area contributed by atoms with E-state index in [9.17, 15) is 9.18 Å². The molecule has 0 rings (SSSR count). The lowest BCUT2D eigenvalue weighted by Gasteiger charge is -2.12. The molecule has 0 bridgehead atoms. The fourth-order valence-electron chi connectivity index (χ4n) is 0.272. The summed E-state index contributed by atoms with van der Waals surface area (Å²) in [6.45, 7) is 0.501. The number of amides is 1. The highest BCUT2D eigenvalue weighted by atomic mass is 19.1. The number of halogens is 1. The monoisotopic (exact) mass is 134 g/mol. The number of carbonyl (C=O) groups excluding carboxylic acids is 1. The summed E-state index contributed by atoms with van der Waals surface area (Å²) in [6, 6.07) is 0. The predicted octanol–water partition coefficient (Wildman–Crippen LogP) is -0.604. The number of hydrogen-bond donors (Lipinski definition) is 2. The van der Waals surface area contributed by atoms with Crippen molar-refractivity contribution in [2.75, 3.05) is 6.61 Å². The van der Waals surface area contributed by atoms with Gasteiger partial charge < -0.3 is 10.8 Å². The molecule has 0 aliphatic heterocycles. The van der Waals surface area contributed by atoms with E-state index in [0.717, 1.165) is 13.3 Å². The maximum Gasteiger partial charge on any atom is 0.255 e. The Morgan fingerprint density at radius 3 is 2.56 bits per heavy atom. The van der Waals surface area contributed by atoms with Crippen LogP contribution in [0.5, 0.6) is 0 Å². The summed E-state index contributed by atoms with van der Waals surface area (Å²) in [5, 5.41) is 8.15. The molecule has 0 heterocycles. The molecule has 1 radical (unpaired) electrons. The molecule has 0 aliphatic carbocycles. The van der Waals surface area contributed by atoms with E-state index < -0.39 is 18.2 Å². The molecule has 0 spiro atoms. The molecule has 4 heteroatoms. The Labute approximate surface area is 52.7 Å². The SMILES string of the molecule is C[C@@](F)([CH]CO)C(N)=O. The molecule has 3 nitrogen and oxygen atoms in total. The average Bonchev–Trinajstić information content (AvgIpc) is 1.65. The molecule has 0 fully saturated rings. The van der Waals surface area contributed by atoms with E-state index in [1.165, 1.54) is 0 Å². The van der Waals surface area contributed by atoms with Crippen molar-refractivity contribution < 1.29 is 14.3 Å². The predicted molar refractivity (Wildman–Crippen MR) is 30.1 cm³/mol. The van der Waals surface area contributed by atoms with E-state index in [0.29, 0.717) is 0 Å². The maximum atomic E-state index is 12.5. The van der Waals surface area contributed by atoms with Crippen LogP contribution in [0.4, 0.5) is 4.39 Å². The van der Waals surface area contributed by atoms with Gasteiger partial charge in [0.1, 0.15) is 0 Å². The highest BCUT2D eigenvalue weighted by molar-refractivity contribution is 5.84. The van der Waals surface area contributed by atoms with Crippen molar-refractivity contribution in [3.05, 3.63) is 6.42 Å². The number of alkyl halides is 1. The van der Waals surface area contributed by atoms with Crippen molar-refractivity contribution in [3.63, 3.8) is 0 Å². The van der Waals surface area contributed by atoms with Gasteiger partial charge >= 0.3 is 0 Å². The number of primary amides is 1. The van der Waals surface area contributed by atoms with Gasteiger partial charge in [-0.15, -0.1) is 0 Å². The molecule has 0 saturated carbocycles. The van der Waals surface area contributed by atoms with Crippen LogP contribution in [0.3, 0.4) is 0 Å². The quantitative estimate of drug-likeness (QED) is 0.541.